The molecule has 174 valence electrons. The van der Waals surface area contributed by atoms with Crippen LogP contribution in [0.25, 0.3) is 0 Å². The Balaban J connectivity index is 1.46. The van der Waals surface area contributed by atoms with Gasteiger partial charge in [0.15, 0.2) is 0 Å². The Bertz CT molecular complexity index is 931. The highest BCUT2D eigenvalue weighted by atomic mass is 16.2. The van der Waals surface area contributed by atoms with E-state index in [2.05, 4.69) is 28.1 Å². The molecule has 1 N–H and O–H groups in total. The van der Waals surface area contributed by atoms with Crippen molar-refractivity contribution in [2.24, 2.45) is 0 Å². The normalized spacial score (nSPS) is 14.4. The lowest BCUT2D eigenvalue weighted by molar-refractivity contribution is -0.122. The van der Waals surface area contributed by atoms with Crippen LogP contribution < -0.4 is 10.2 Å². The number of hydrogen-bond acceptors (Lipinski definition) is 5. The van der Waals surface area contributed by atoms with Crippen LogP contribution in [-0.2, 0) is 16.1 Å². The van der Waals surface area contributed by atoms with Crippen molar-refractivity contribution in [2.45, 2.75) is 32.7 Å². The molecule has 0 bridgehead atoms. The van der Waals surface area contributed by atoms with E-state index >= 15 is 0 Å². The average Bonchev–Trinajstić information content (AvgIpc) is 2.85. The van der Waals surface area contributed by atoms with Crippen LogP contribution in [0.2, 0.25) is 0 Å². The first-order valence-electron chi connectivity index (χ1n) is 11.6. The van der Waals surface area contributed by atoms with Crippen LogP contribution in [0, 0.1) is 11.3 Å². The number of anilines is 2. The molecule has 1 fully saturated rings. The summed E-state index contributed by atoms with van der Waals surface area (Å²) >= 11 is 0. The summed E-state index contributed by atoms with van der Waals surface area (Å²) in [6, 6.07) is 19.3. The minimum Gasteiger partial charge on any atom is -0.326 e. The van der Waals surface area contributed by atoms with Crippen molar-refractivity contribution in [3.63, 3.8) is 0 Å². The molecular formula is C26H33N5O2. The van der Waals surface area contributed by atoms with E-state index in [9.17, 15) is 9.59 Å². The number of nitriles is 1. The fraction of sp³-hybridized carbons (Fsp3) is 0.423. The van der Waals surface area contributed by atoms with E-state index in [0.717, 1.165) is 50.6 Å². The SMILES string of the molecule is CCN1CCN(Cc2ccc(NC(=O)CCC(=O)N(CCC#N)c3ccccc3)cc2)CC1. The van der Waals surface area contributed by atoms with Crippen LogP contribution in [0.3, 0.4) is 0 Å². The maximum absolute atomic E-state index is 12.7. The summed E-state index contributed by atoms with van der Waals surface area (Å²) in [6.45, 7) is 8.92. The topological polar surface area (TPSA) is 79.7 Å². The van der Waals surface area contributed by atoms with Crippen LogP contribution in [0.5, 0.6) is 0 Å². The van der Waals surface area contributed by atoms with Gasteiger partial charge in [0, 0.05) is 63.5 Å². The van der Waals surface area contributed by atoms with E-state index in [4.69, 9.17) is 5.26 Å². The highest BCUT2D eigenvalue weighted by Gasteiger charge is 2.17. The average molecular weight is 448 g/mol. The molecule has 0 atom stereocenters. The standard InChI is InChI=1S/C26H33N5O2/c1-2-29-17-19-30(20-18-29)21-22-9-11-23(12-10-22)28-25(32)13-14-26(33)31(16-6-15-27)24-7-4-3-5-8-24/h3-5,7-12H,2,6,13-14,16-21H2,1H3,(H,28,32). The highest BCUT2D eigenvalue weighted by Crippen LogP contribution is 2.17. The molecule has 0 unspecified atom stereocenters. The van der Waals surface area contributed by atoms with E-state index in [1.807, 2.05) is 54.6 Å². The Hall–Kier alpha value is -3.21. The van der Waals surface area contributed by atoms with Crippen LogP contribution in [0.1, 0.15) is 31.7 Å². The fourth-order valence-corrected chi connectivity index (χ4v) is 3.96. The summed E-state index contributed by atoms with van der Waals surface area (Å²) in [5.74, 6) is -0.356. The monoisotopic (exact) mass is 447 g/mol. The van der Waals surface area contributed by atoms with Gasteiger partial charge < -0.3 is 15.1 Å². The van der Waals surface area contributed by atoms with E-state index < -0.39 is 0 Å². The number of likely N-dealkylation sites (N-methyl/N-ethyl adjacent to an activating group) is 1. The Morgan fingerprint density at radius 1 is 0.970 bits per heavy atom. The van der Waals surface area contributed by atoms with Crippen LogP contribution in [0.4, 0.5) is 11.4 Å². The van der Waals surface area contributed by atoms with Gasteiger partial charge >= 0.3 is 0 Å². The lowest BCUT2D eigenvalue weighted by Crippen LogP contribution is -2.45. The lowest BCUT2D eigenvalue weighted by Gasteiger charge is -2.34. The molecule has 1 saturated heterocycles. The molecule has 7 heteroatoms. The molecule has 0 spiro atoms. The van der Waals surface area contributed by atoms with Gasteiger partial charge in [0.25, 0.3) is 0 Å². The van der Waals surface area contributed by atoms with E-state index in [1.54, 1.807) is 4.90 Å². The molecule has 7 nitrogen and oxygen atoms in total. The summed E-state index contributed by atoms with van der Waals surface area (Å²) in [5, 5.41) is 11.8. The van der Waals surface area contributed by atoms with Gasteiger partial charge in [-0.15, -0.1) is 0 Å². The number of carbonyl (C=O) groups is 2. The minimum absolute atomic E-state index is 0.0912. The zero-order chi connectivity index (χ0) is 23.5. The number of carbonyl (C=O) groups excluding carboxylic acids is 2. The van der Waals surface area contributed by atoms with Gasteiger partial charge in [0.1, 0.15) is 0 Å². The summed E-state index contributed by atoms with van der Waals surface area (Å²) in [7, 11) is 0. The summed E-state index contributed by atoms with van der Waals surface area (Å²) < 4.78 is 0. The highest BCUT2D eigenvalue weighted by molar-refractivity contribution is 5.98. The predicted molar refractivity (Wildman–Crippen MR) is 131 cm³/mol. The first-order valence-corrected chi connectivity index (χ1v) is 11.6. The van der Waals surface area contributed by atoms with E-state index in [1.165, 1.54) is 5.56 Å². The third-order valence-electron chi connectivity index (χ3n) is 5.94. The first-order chi connectivity index (χ1) is 16.1. The number of nitrogens with one attached hydrogen (secondary N) is 1. The summed E-state index contributed by atoms with van der Waals surface area (Å²) in [6.07, 6.45) is 0.430. The Morgan fingerprint density at radius 2 is 1.64 bits per heavy atom. The van der Waals surface area contributed by atoms with Crippen molar-refractivity contribution >= 4 is 23.2 Å². The number of hydrogen-bond donors (Lipinski definition) is 1. The third kappa shape index (κ3) is 7.70. The second-order valence-corrected chi connectivity index (χ2v) is 8.24. The zero-order valence-corrected chi connectivity index (χ0v) is 19.4. The number of para-hydroxylation sites is 1. The molecule has 3 rings (SSSR count). The molecule has 1 aliphatic heterocycles. The van der Waals surface area contributed by atoms with Gasteiger partial charge in [-0.25, -0.2) is 0 Å². The van der Waals surface area contributed by atoms with Crippen LogP contribution >= 0.6 is 0 Å². The van der Waals surface area contributed by atoms with Gasteiger partial charge in [-0.1, -0.05) is 37.3 Å². The molecule has 1 aliphatic rings. The number of piperazine rings is 1. The molecule has 33 heavy (non-hydrogen) atoms. The molecular weight excluding hydrogens is 414 g/mol. The van der Waals surface area contributed by atoms with Gasteiger partial charge in [-0.05, 0) is 36.4 Å². The maximum Gasteiger partial charge on any atom is 0.227 e. The van der Waals surface area contributed by atoms with Crippen LogP contribution in [0.15, 0.2) is 54.6 Å². The molecule has 2 aromatic carbocycles. The second-order valence-electron chi connectivity index (χ2n) is 8.24. The molecule has 0 aliphatic carbocycles. The Morgan fingerprint density at radius 3 is 2.27 bits per heavy atom. The summed E-state index contributed by atoms with van der Waals surface area (Å²) in [5.41, 5.74) is 2.70. The van der Waals surface area contributed by atoms with E-state index in [-0.39, 0.29) is 31.1 Å². The predicted octanol–water partition coefficient (Wildman–Crippen LogP) is 3.49. The van der Waals surface area contributed by atoms with Gasteiger partial charge in [-0.3, -0.25) is 14.5 Å². The molecule has 1 heterocycles. The smallest absolute Gasteiger partial charge is 0.227 e. The van der Waals surface area contributed by atoms with Crippen molar-refractivity contribution in [2.75, 3.05) is 49.5 Å². The second kappa shape index (κ2) is 12.7. The number of rotatable bonds is 10. The quantitative estimate of drug-likeness (QED) is 0.603. The van der Waals surface area contributed by atoms with E-state index in [0.29, 0.717) is 6.54 Å². The number of nitrogens with zero attached hydrogens (tertiary/aromatic N) is 4. The van der Waals surface area contributed by atoms with Crippen molar-refractivity contribution in [3.05, 3.63) is 60.2 Å². The largest absolute Gasteiger partial charge is 0.326 e. The lowest BCUT2D eigenvalue weighted by atomic mass is 10.1. The summed E-state index contributed by atoms with van der Waals surface area (Å²) in [4.78, 5) is 31.6. The number of amides is 2. The molecule has 2 aromatic rings. The Labute approximate surface area is 196 Å². The van der Waals surface area contributed by atoms with Crippen LogP contribution in [-0.4, -0.2) is 60.9 Å². The molecule has 0 aromatic heterocycles. The maximum atomic E-state index is 12.7. The zero-order valence-electron chi connectivity index (χ0n) is 19.4. The fourth-order valence-electron chi connectivity index (χ4n) is 3.96. The molecule has 2 amide bonds. The molecule has 0 radical (unpaired) electrons. The van der Waals surface area contributed by atoms with Crippen molar-refractivity contribution in [1.82, 2.24) is 9.80 Å². The minimum atomic E-state index is -0.194. The van der Waals surface area contributed by atoms with Gasteiger partial charge in [0.05, 0.1) is 12.5 Å². The van der Waals surface area contributed by atoms with Crippen molar-refractivity contribution in [3.8, 4) is 6.07 Å². The Kier molecular flexibility index (Phi) is 9.43. The van der Waals surface area contributed by atoms with Crippen molar-refractivity contribution < 1.29 is 9.59 Å². The number of benzene rings is 2. The molecule has 0 saturated carbocycles. The van der Waals surface area contributed by atoms with Gasteiger partial charge in [-0.2, -0.15) is 5.26 Å². The first kappa shape index (κ1) is 24.4. The van der Waals surface area contributed by atoms with Crippen molar-refractivity contribution in [1.29, 1.82) is 5.26 Å². The van der Waals surface area contributed by atoms with Gasteiger partial charge in [0.2, 0.25) is 11.8 Å². The third-order valence-corrected chi connectivity index (χ3v) is 5.94.